The molecule has 0 saturated carbocycles. The van der Waals surface area contributed by atoms with E-state index in [4.69, 9.17) is 23.7 Å². The summed E-state index contributed by atoms with van der Waals surface area (Å²) >= 11 is 0. The molecule has 0 heterocycles. The molecule has 0 aromatic heterocycles. The fourth-order valence-electron chi connectivity index (χ4n) is 6.11. The van der Waals surface area contributed by atoms with E-state index in [1.165, 1.54) is 148 Å². The molecule has 8 nitrogen and oxygen atoms in total. The van der Waals surface area contributed by atoms with Gasteiger partial charge in [-0.2, -0.15) is 0 Å². The third-order valence-electron chi connectivity index (χ3n) is 9.41. The normalized spacial score (nSPS) is 12.0. The van der Waals surface area contributed by atoms with Crippen LogP contribution in [0.4, 0.5) is 0 Å². The molecule has 8 heteroatoms. The Labute approximate surface area is 309 Å². The molecule has 1 unspecified atom stereocenters. The van der Waals surface area contributed by atoms with E-state index >= 15 is 0 Å². The van der Waals surface area contributed by atoms with Gasteiger partial charge in [0.1, 0.15) is 12.7 Å². The van der Waals surface area contributed by atoms with E-state index in [1.54, 1.807) is 12.0 Å². The highest BCUT2D eigenvalue weighted by atomic mass is 16.6. The van der Waals surface area contributed by atoms with Crippen LogP contribution in [-0.4, -0.2) is 89.3 Å². The highest BCUT2D eigenvalue weighted by molar-refractivity contribution is 5.75. The Balaban J connectivity index is 4.32. The maximum Gasteiger partial charge on any atom is 0.307 e. The van der Waals surface area contributed by atoms with Crippen molar-refractivity contribution in [3.05, 3.63) is 0 Å². The molecule has 0 fully saturated rings. The summed E-state index contributed by atoms with van der Waals surface area (Å²) in [5.41, 5.74) is 0. The molecular weight excluding hydrogens is 630 g/mol. The SMILES string of the molecule is CCCCCCCCCCCCCCOCC(COC(=O)CCN(CCCOCCOC)C(C)=O)OCCCCCCCCCCCCCC. The summed E-state index contributed by atoms with van der Waals surface area (Å²) in [4.78, 5) is 26.4. The van der Waals surface area contributed by atoms with Gasteiger partial charge in [-0.3, -0.25) is 9.59 Å². The van der Waals surface area contributed by atoms with Crippen LogP contribution in [0, 0.1) is 0 Å². The first-order valence-corrected chi connectivity index (χ1v) is 21.2. The van der Waals surface area contributed by atoms with Gasteiger partial charge in [0.25, 0.3) is 0 Å². The summed E-state index contributed by atoms with van der Waals surface area (Å²) in [6.45, 7) is 10.6. The number of hydrogen-bond donors (Lipinski definition) is 0. The molecule has 0 spiro atoms. The standard InChI is InChI=1S/C42H83NO7/c1-5-7-9-11-13-15-17-19-21-23-25-27-33-48-38-41(49-35-28-26-24-22-20-18-16-14-12-10-8-6-2)39-50-42(45)30-32-43(40(3)44)31-29-34-47-37-36-46-4/h41H,5-39H2,1-4H3. The van der Waals surface area contributed by atoms with Crippen molar-refractivity contribution >= 4 is 11.9 Å². The van der Waals surface area contributed by atoms with E-state index in [1.807, 2.05) is 0 Å². The number of carbonyl (C=O) groups excluding carboxylic acids is 2. The number of unbranched alkanes of at least 4 members (excludes halogenated alkanes) is 22. The van der Waals surface area contributed by atoms with Crippen molar-refractivity contribution in [3.63, 3.8) is 0 Å². The number of amides is 1. The van der Waals surface area contributed by atoms with Gasteiger partial charge in [0.05, 0.1) is 26.2 Å². The predicted molar refractivity (Wildman–Crippen MR) is 208 cm³/mol. The summed E-state index contributed by atoms with van der Waals surface area (Å²) < 4.78 is 28.3. The van der Waals surface area contributed by atoms with Gasteiger partial charge >= 0.3 is 5.97 Å². The Bertz CT molecular complexity index is 708. The Hall–Kier alpha value is -1.22. The average molecular weight is 714 g/mol. The fraction of sp³-hybridized carbons (Fsp3) is 0.952. The lowest BCUT2D eigenvalue weighted by atomic mass is 10.1. The van der Waals surface area contributed by atoms with Crippen molar-refractivity contribution in [2.45, 2.75) is 194 Å². The van der Waals surface area contributed by atoms with Crippen molar-refractivity contribution in [2.24, 2.45) is 0 Å². The Morgan fingerprint density at radius 1 is 0.500 bits per heavy atom. The minimum Gasteiger partial charge on any atom is -0.463 e. The zero-order valence-corrected chi connectivity index (χ0v) is 33.6. The average Bonchev–Trinajstić information content (AvgIpc) is 3.11. The van der Waals surface area contributed by atoms with Crippen LogP contribution in [0.3, 0.4) is 0 Å². The van der Waals surface area contributed by atoms with Crippen LogP contribution in [0.25, 0.3) is 0 Å². The molecule has 0 aliphatic rings. The first kappa shape index (κ1) is 48.8. The number of nitrogens with zero attached hydrogens (tertiary/aromatic N) is 1. The van der Waals surface area contributed by atoms with Crippen LogP contribution in [0.15, 0.2) is 0 Å². The Morgan fingerprint density at radius 3 is 1.44 bits per heavy atom. The van der Waals surface area contributed by atoms with Gasteiger partial charge in [-0.1, -0.05) is 155 Å². The first-order chi connectivity index (χ1) is 24.5. The van der Waals surface area contributed by atoms with Gasteiger partial charge in [0.2, 0.25) is 5.91 Å². The molecule has 1 atom stereocenters. The second kappa shape index (κ2) is 40.5. The maximum absolute atomic E-state index is 12.6. The molecule has 0 aromatic carbocycles. The van der Waals surface area contributed by atoms with E-state index < -0.39 is 0 Å². The van der Waals surface area contributed by atoms with Gasteiger partial charge < -0.3 is 28.6 Å². The number of methoxy groups -OCH3 is 1. The van der Waals surface area contributed by atoms with Crippen LogP contribution in [0.2, 0.25) is 0 Å². The molecule has 0 radical (unpaired) electrons. The summed E-state index contributed by atoms with van der Waals surface area (Å²) in [6.07, 6.45) is 32.2. The minimum atomic E-state index is -0.312. The van der Waals surface area contributed by atoms with E-state index in [-0.39, 0.29) is 31.0 Å². The zero-order chi connectivity index (χ0) is 36.6. The van der Waals surface area contributed by atoms with E-state index in [2.05, 4.69) is 13.8 Å². The van der Waals surface area contributed by atoms with Crippen LogP contribution in [-0.2, 0) is 33.3 Å². The zero-order valence-electron chi connectivity index (χ0n) is 33.6. The lowest BCUT2D eigenvalue weighted by Crippen LogP contribution is -2.33. The first-order valence-electron chi connectivity index (χ1n) is 21.2. The summed E-state index contributed by atoms with van der Waals surface area (Å²) in [5.74, 6) is -0.364. The van der Waals surface area contributed by atoms with E-state index in [9.17, 15) is 9.59 Å². The molecule has 0 rings (SSSR count). The molecule has 0 aromatic rings. The summed E-state index contributed by atoms with van der Waals surface area (Å²) in [6, 6.07) is 0. The molecule has 0 N–H and O–H groups in total. The molecule has 0 aliphatic carbocycles. The highest BCUT2D eigenvalue weighted by Gasteiger charge is 2.16. The monoisotopic (exact) mass is 714 g/mol. The van der Waals surface area contributed by atoms with Crippen LogP contribution < -0.4 is 0 Å². The molecule has 50 heavy (non-hydrogen) atoms. The maximum atomic E-state index is 12.6. The Morgan fingerprint density at radius 2 is 0.960 bits per heavy atom. The topological polar surface area (TPSA) is 83.5 Å². The second-order valence-corrected chi connectivity index (χ2v) is 14.2. The van der Waals surface area contributed by atoms with Crippen LogP contribution in [0.5, 0.6) is 0 Å². The summed E-state index contributed by atoms with van der Waals surface area (Å²) in [5, 5.41) is 0. The number of esters is 1. The lowest BCUT2D eigenvalue weighted by Gasteiger charge is -2.21. The van der Waals surface area contributed by atoms with Crippen molar-refractivity contribution in [3.8, 4) is 0 Å². The largest absolute Gasteiger partial charge is 0.463 e. The van der Waals surface area contributed by atoms with Crippen molar-refractivity contribution in [1.82, 2.24) is 4.90 Å². The highest BCUT2D eigenvalue weighted by Crippen LogP contribution is 2.14. The number of carbonyl (C=O) groups is 2. The minimum absolute atomic E-state index is 0.0514. The van der Waals surface area contributed by atoms with Gasteiger partial charge in [-0.25, -0.2) is 0 Å². The third kappa shape index (κ3) is 36.6. The molecule has 0 aliphatic heterocycles. The van der Waals surface area contributed by atoms with E-state index in [0.717, 1.165) is 12.8 Å². The third-order valence-corrected chi connectivity index (χ3v) is 9.41. The Kier molecular flexibility index (Phi) is 39.6. The molecule has 298 valence electrons. The van der Waals surface area contributed by atoms with Gasteiger partial charge in [0, 0.05) is 46.9 Å². The molecular formula is C42H83NO7. The van der Waals surface area contributed by atoms with Crippen LogP contribution in [0.1, 0.15) is 188 Å². The fourth-order valence-corrected chi connectivity index (χ4v) is 6.11. The van der Waals surface area contributed by atoms with Crippen LogP contribution >= 0.6 is 0 Å². The number of rotatable bonds is 41. The molecule has 0 saturated heterocycles. The van der Waals surface area contributed by atoms with Crippen molar-refractivity contribution in [2.75, 3.05) is 66.4 Å². The van der Waals surface area contributed by atoms with Crippen molar-refractivity contribution < 1.29 is 33.3 Å². The van der Waals surface area contributed by atoms with Gasteiger partial charge in [-0.05, 0) is 19.3 Å². The smallest absolute Gasteiger partial charge is 0.307 e. The quantitative estimate of drug-likeness (QED) is 0.0461. The molecule has 1 amide bonds. The second-order valence-electron chi connectivity index (χ2n) is 14.2. The van der Waals surface area contributed by atoms with E-state index in [0.29, 0.717) is 59.2 Å². The summed E-state index contributed by atoms with van der Waals surface area (Å²) in [7, 11) is 1.64. The van der Waals surface area contributed by atoms with Gasteiger partial charge in [-0.15, -0.1) is 0 Å². The molecule has 0 bridgehead atoms. The lowest BCUT2D eigenvalue weighted by molar-refractivity contribution is -0.150. The number of ether oxygens (including phenoxy) is 5. The van der Waals surface area contributed by atoms with Crippen molar-refractivity contribution in [1.29, 1.82) is 0 Å². The number of hydrogen-bond acceptors (Lipinski definition) is 7. The predicted octanol–water partition coefficient (Wildman–Crippen LogP) is 10.6. The van der Waals surface area contributed by atoms with Gasteiger partial charge in [0.15, 0.2) is 0 Å².